The van der Waals surface area contributed by atoms with E-state index in [0.717, 1.165) is 23.4 Å². The number of nitrogens with two attached hydrogens (primary N) is 1. The van der Waals surface area contributed by atoms with Crippen molar-refractivity contribution in [2.75, 3.05) is 0 Å². The maximum absolute atomic E-state index is 6.56. The van der Waals surface area contributed by atoms with Crippen molar-refractivity contribution in [1.29, 1.82) is 0 Å². The molecule has 18 heavy (non-hydrogen) atoms. The second-order valence-electron chi connectivity index (χ2n) is 4.68. The van der Waals surface area contributed by atoms with Crippen LogP contribution >= 0.6 is 11.6 Å². The number of rotatable bonds is 4. The molecule has 1 atom stereocenters. The predicted molar refractivity (Wildman–Crippen MR) is 77.8 cm³/mol. The van der Waals surface area contributed by atoms with Gasteiger partial charge in [0.2, 0.25) is 0 Å². The van der Waals surface area contributed by atoms with Crippen LogP contribution in [0, 0.1) is 0 Å². The van der Waals surface area contributed by atoms with E-state index in [9.17, 15) is 0 Å². The van der Waals surface area contributed by atoms with Crippen LogP contribution in [0.1, 0.15) is 24.5 Å². The first-order valence-corrected chi connectivity index (χ1v) is 6.61. The lowest BCUT2D eigenvalue weighted by Crippen LogP contribution is -2.38. The molecule has 0 aliphatic rings. The monoisotopic (exact) mass is 259 g/mol. The van der Waals surface area contributed by atoms with Crippen LogP contribution < -0.4 is 5.73 Å². The molecule has 2 aromatic rings. The molecule has 0 saturated heterocycles. The van der Waals surface area contributed by atoms with E-state index in [4.69, 9.17) is 17.3 Å². The second-order valence-corrected chi connectivity index (χ2v) is 5.12. The van der Waals surface area contributed by atoms with Crippen LogP contribution in [0.4, 0.5) is 0 Å². The Bertz CT molecular complexity index is 510. The Morgan fingerprint density at radius 3 is 2.39 bits per heavy atom. The topological polar surface area (TPSA) is 26.0 Å². The number of halogens is 1. The summed E-state index contributed by atoms with van der Waals surface area (Å²) in [4.78, 5) is 0. The molecule has 0 aromatic heterocycles. The molecule has 1 nitrogen and oxygen atoms in total. The van der Waals surface area contributed by atoms with Crippen molar-refractivity contribution < 1.29 is 0 Å². The minimum atomic E-state index is -0.355. The van der Waals surface area contributed by atoms with Gasteiger partial charge in [-0.05, 0) is 36.1 Å². The third-order valence-electron chi connectivity index (χ3n) is 3.39. The molecule has 0 bridgehead atoms. The van der Waals surface area contributed by atoms with Gasteiger partial charge in [-0.15, -0.1) is 0 Å². The zero-order valence-electron chi connectivity index (χ0n) is 10.6. The highest BCUT2D eigenvalue weighted by Crippen LogP contribution is 2.28. The fraction of sp³-hybridized carbons (Fsp3) is 0.250. The number of hydrogen-bond acceptors (Lipinski definition) is 1. The van der Waals surface area contributed by atoms with Crippen LogP contribution in [0.2, 0.25) is 5.02 Å². The summed E-state index contributed by atoms with van der Waals surface area (Å²) >= 11 is 6.06. The first kappa shape index (κ1) is 13.1. The Morgan fingerprint density at radius 1 is 1.06 bits per heavy atom. The molecule has 0 radical (unpaired) electrons. The van der Waals surface area contributed by atoms with Crippen LogP contribution in [0.3, 0.4) is 0 Å². The molecule has 0 saturated carbocycles. The number of hydrogen-bond donors (Lipinski definition) is 1. The maximum atomic E-state index is 6.56. The highest BCUT2D eigenvalue weighted by atomic mass is 35.5. The van der Waals surface area contributed by atoms with Crippen LogP contribution in [0.25, 0.3) is 0 Å². The molecule has 0 aliphatic heterocycles. The molecule has 2 aromatic carbocycles. The van der Waals surface area contributed by atoms with E-state index in [1.165, 1.54) is 5.56 Å². The first-order valence-electron chi connectivity index (χ1n) is 6.23. The maximum Gasteiger partial charge on any atom is 0.0448 e. The lowest BCUT2D eigenvalue weighted by atomic mass is 9.82. The Balaban J connectivity index is 2.31. The number of benzene rings is 2. The lowest BCUT2D eigenvalue weighted by Gasteiger charge is -2.29. The summed E-state index contributed by atoms with van der Waals surface area (Å²) < 4.78 is 0. The molecular formula is C16H18ClN. The molecule has 2 N–H and O–H groups in total. The Morgan fingerprint density at radius 2 is 1.78 bits per heavy atom. The van der Waals surface area contributed by atoms with Gasteiger partial charge in [0, 0.05) is 10.6 Å². The Hall–Kier alpha value is -1.31. The average molecular weight is 260 g/mol. The van der Waals surface area contributed by atoms with E-state index in [-0.39, 0.29) is 5.54 Å². The van der Waals surface area contributed by atoms with Crippen LogP contribution in [0.5, 0.6) is 0 Å². The summed E-state index contributed by atoms with van der Waals surface area (Å²) in [6.07, 6.45) is 1.70. The van der Waals surface area contributed by atoms with Crippen LogP contribution in [0.15, 0.2) is 54.6 Å². The third kappa shape index (κ3) is 2.92. The molecule has 2 heteroatoms. The smallest absolute Gasteiger partial charge is 0.0448 e. The van der Waals surface area contributed by atoms with Crippen molar-refractivity contribution in [3.05, 3.63) is 70.7 Å². The molecule has 0 aliphatic carbocycles. The third-order valence-corrected chi connectivity index (χ3v) is 3.63. The van der Waals surface area contributed by atoms with Gasteiger partial charge in [0.25, 0.3) is 0 Å². The van der Waals surface area contributed by atoms with Gasteiger partial charge in [0.15, 0.2) is 0 Å². The minimum absolute atomic E-state index is 0.355. The summed E-state index contributed by atoms with van der Waals surface area (Å²) in [5.41, 5.74) is 8.56. The van der Waals surface area contributed by atoms with E-state index >= 15 is 0 Å². The summed E-state index contributed by atoms with van der Waals surface area (Å²) in [6, 6.07) is 18.2. The van der Waals surface area contributed by atoms with Crippen molar-refractivity contribution in [1.82, 2.24) is 0 Å². The van der Waals surface area contributed by atoms with Gasteiger partial charge in [-0.1, -0.05) is 61.0 Å². The Labute approximate surface area is 114 Å². The highest BCUT2D eigenvalue weighted by Gasteiger charge is 2.25. The van der Waals surface area contributed by atoms with Crippen molar-refractivity contribution in [2.24, 2.45) is 5.73 Å². The summed E-state index contributed by atoms with van der Waals surface area (Å²) in [7, 11) is 0. The van der Waals surface area contributed by atoms with Crippen molar-refractivity contribution in [2.45, 2.75) is 25.3 Å². The minimum Gasteiger partial charge on any atom is -0.321 e. The fourth-order valence-corrected chi connectivity index (χ4v) is 2.38. The van der Waals surface area contributed by atoms with E-state index in [1.807, 2.05) is 36.4 Å². The fourth-order valence-electron chi connectivity index (χ4n) is 2.19. The second kappa shape index (κ2) is 5.55. The van der Waals surface area contributed by atoms with Crippen molar-refractivity contribution in [3.8, 4) is 0 Å². The summed E-state index contributed by atoms with van der Waals surface area (Å²) in [5.74, 6) is 0. The molecule has 0 spiro atoms. The van der Waals surface area contributed by atoms with Crippen LogP contribution in [-0.4, -0.2) is 0 Å². The van der Waals surface area contributed by atoms with Gasteiger partial charge in [-0.2, -0.15) is 0 Å². The van der Waals surface area contributed by atoms with Crippen molar-refractivity contribution >= 4 is 11.6 Å². The molecule has 94 valence electrons. The van der Waals surface area contributed by atoms with E-state index in [0.29, 0.717) is 0 Å². The molecule has 0 heterocycles. The van der Waals surface area contributed by atoms with Gasteiger partial charge in [-0.3, -0.25) is 0 Å². The molecule has 0 amide bonds. The van der Waals surface area contributed by atoms with E-state index in [2.05, 4.69) is 25.1 Å². The van der Waals surface area contributed by atoms with Gasteiger partial charge < -0.3 is 5.73 Å². The lowest BCUT2D eigenvalue weighted by molar-refractivity contribution is 0.425. The standard InChI is InChI=1S/C16H18ClN/c1-2-16(18,12-13-7-4-3-5-8-13)14-9-6-10-15(17)11-14/h3-11H,2,12,18H2,1H3. The Kier molecular flexibility index (Phi) is 4.05. The first-order chi connectivity index (χ1) is 8.64. The average Bonchev–Trinajstić information content (AvgIpc) is 2.40. The molecule has 2 rings (SSSR count). The van der Waals surface area contributed by atoms with Gasteiger partial charge in [-0.25, -0.2) is 0 Å². The van der Waals surface area contributed by atoms with Gasteiger partial charge in [0.1, 0.15) is 0 Å². The molecular weight excluding hydrogens is 242 g/mol. The highest BCUT2D eigenvalue weighted by molar-refractivity contribution is 6.30. The van der Waals surface area contributed by atoms with Crippen LogP contribution in [-0.2, 0) is 12.0 Å². The van der Waals surface area contributed by atoms with Crippen molar-refractivity contribution in [3.63, 3.8) is 0 Å². The zero-order valence-corrected chi connectivity index (χ0v) is 11.3. The predicted octanol–water partition coefficient (Wildman–Crippen LogP) is 4.15. The van der Waals surface area contributed by atoms with E-state index in [1.54, 1.807) is 0 Å². The van der Waals surface area contributed by atoms with Gasteiger partial charge >= 0.3 is 0 Å². The summed E-state index contributed by atoms with van der Waals surface area (Å²) in [5, 5.41) is 0.740. The molecule has 0 fully saturated rings. The normalized spacial score (nSPS) is 14.2. The quantitative estimate of drug-likeness (QED) is 0.877. The van der Waals surface area contributed by atoms with Gasteiger partial charge in [0.05, 0.1) is 0 Å². The SMILES string of the molecule is CCC(N)(Cc1ccccc1)c1cccc(Cl)c1. The summed E-state index contributed by atoms with van der Waals surface area (Å²) in [6.45, 7) is 2.11. The largest absolute Gasteiger partial charge is 0.321 e. The molecule has 1 unspecified atom stereocenters. The van der Waals surface area contributed by atoms with E-state index < -0.39 is 0 Å². The zero-order chi connectivity index (χ0) is 13.0.